The third kappa shape index (κ3) is 4.47. The van der Waals surface area contributed by atoms with Crippen molar-refractivity contribution in [1.82, 2.24) is 19.7 Å². The zero-order valence-electron chi connectivity index (χ0n) is 19.6. The second-order valence-corrected chi connectivity index (χ2v) is 9.23. The molecule has 1 fully saturated rings. The fourth-order valence-electron chi connectivity index (χ4n) is 5.24. The predicted molar refractivity (Wildman–Crippen MR) is 137 cm³/mol. The molecule has 178 valence electrons. The van der Waals surface area contributed by atoms with Gasteiger partial charge in [-0.1, -0.05) is 24.3 Å². The molecule has 35 heavy (non-hydrogen) atoms. The molecule has 2 aromatic heterocycles. The number of H-pyrrole nitrogens is 1. The van der Waals surface area contributed by atoms with Crippen LogP contribution in [0.25, 0.3) is 5.82 Å². The number of aryl methyl sites for hydroxylation is 1. The number of pyridine rings is 1. The normalized spacial score (nSPS) is 18.3. The SMILES string of the molecule is O=c1c2c([nH]n1-c1ccccn1)CCC(N1CCN(c3ccc(Oc4ccccc4)cc3)CC1)C2. The molecule has 3 heterocycles. The number of anilines is 1. The van der Waals surface area contributed by atoms with E-state index < -0.39 is 0 Å². The molecule has 0 bridgehead atoms. The largest absolute Gasteiger partial charge is 0.457 e. The number of nitrogens with one attached hydrogen (secondary N) is 1. The van der Waals surface area contributed by atoms with Crippen molar-refractivity contribution >= 4 is 5.69 Å². The van der Waals surface area contributed by atoms with Crippen LogP contribution in [-0.4, -0.2) is 51.9 Å². The quantitative estimate of drug-likeness (QED) is 0.480. The van der Waals surface area contributed by atoms with Crippen LogP contribution in [0.4, 0.5) is 5.69 Å². The molecular formula is C28H29N5O2. The van der Waals surface area contributed by atoms with E-state index in [0.29, 0.717) is 11.9 Å². The first-order valence-corrected chi connectivity index (χ1v) is 12.3. The number of piperazine rings is 1. The Labute approximate surface area is 204 Å². The number of hydrogen-bond donors (Lipinski definition) is 1. The van der Waals surface area contributed by atoms with E-state index >= 15 is 0 Å². The van der Waals surface area contributed by atoms with E-state index in [1.807, 2.05) is 60.7 Å². The van der Waals surface area contributed by atoms with Crippen LogP contribution in [0.2, 0.25) is 0 Å². The fourth-order valence-corrected chi connectivity index (χ4v) is 5.24. The maximum absolute atomic E-state index is 13.1. The first kappa shape index (κ1) is 21.7. The summed E-state index contributed by atoms with van der Waals surface area (Å²) in [5, 5.41) is 3.29. The summed E-state index contributed by atoms with van der Waals surface area (Å²) < 4.78 is 7.52. The highest BCUT2D eigenvalue weighted by atomic mass is 16.5. The van der Waals surface area contributed by atoms with Gasteiger partial charge >= 0.3 is 0 Å². The highest BCUT2D eigenvalue weighted by molar-refractivity contribution is 5.50. The Morgan fingerprint density at radius 3 is 2.34 bits per heavy atom. The molecule has 0 spiro atoms. The Bertz CT molecular complexity index is 1320. The van der Waals surface area contributed by atoms with Gasteiger partial charge in [-0.2, -0.15) is 0 Å². The molecule has 1 saturated heterocycles. The lowest BCUT2D eigenvalue weighted by atomic mass is 9.92. The molecule has 4 aromatic rings. The third-order valence-electron chi connectivity index (χ3n) is 7.13. The molecule has 0 radical (unpaired) electrons. The van der Waals surface area contributed by atoms with Crippen LogP contribution in [-0.2, 0) is 12.8 Å². The van der Waals surface area contributed by atoms with Crippen molar-refractivity contribution < 1.29 is 4.74 Å². The molecular weight excluding hydrogens is 438 g/mol. The average Bonchev–Trinajstić information content (AvgIpc) is 3.26. The number of fused-ring (bicyclic) bond motifs is 1. The molecule has 2 aliphatic rings. The first-order valence-electron chi connectivity index (χ1n) is 12.3. The maximum Gasteiger partial charge on any atom is 0.276 e. The number of nitrogens with zero attached hydrogens (tertiary/aromatic N) is 4. The summed E-state index contributed by atoms with van der Waals surface area (Å²) in [6, 6.07) is 24.2. The van der Waals surface area contributed by atoms with Crippen LogP contribution in [0, 0.1) is 0 Å². The van der Waals surface area contributed by atoms with Gasteiger partial charge in [-0.05, 0) is 67.8 Å². The van der Waals surface area contributed by atoms with E-state index in [2.05, 4.69) is 32.0 Å². The number of rotatable bonds is 5. The molecule has 7 nitrogen and oxygen atoms in total. The standard InChI is InChI=1S/C28H29N5O2/c34-28-25-20-22(11-14-26(25)30-33(28)27-8-4-5-15-29-27)32-18-16-31(17-19-32)21-9-12-24(13-10-21)35-23-6-2-1-3-7-23/h1-10,12-13,15,22,30H,11,14,16-20H2. The minimum absolute atomic E-state index is 0.0415. The molecule has 1 atom stereocenters. The lowest BCUT2D eigenvalue weighted by Crippen LogP contribution is -2.52. The predicted octanol–water partition coefficient (Wildman–Crippen LogP) is 4.03. The number of aromatic amines is 1. The molecule has 1 aliphatic heterocycles. The van der Waals surface area contributed by atoms with Crippen molar-refractivity contribution in [2.24, 2.45) is 0 Å². The molecule has 1 aliphatic carbocycles. The summed E-state index contributed by atoms with van der Waals surface area (Å²) in [7, 11) is 0. The van der Waals surface area contributed by atoms with Crippen LogP contribution >= 0.6 is 0 Å². The summed E-state index contributed by atoms with van der Waals surface area (Å²) in [4.78, 5) is 22.4. The second-order valence-electron chi connectivity index (χ2n) is 9.23. The molecule has 6 rings (SSSR count). The fraction of sp³-hybridized carbons (Fsp3) is 0.286. The Hall–Kier alpha value is -3.84. The van der Waals surface area contributed by atoms with Gasteiger partial charge in [0.2, 0.25) is 0 Å². The molecule has 7 heteroatoms. The first-order chi connectivity index (χ1) is 17.2. The maximum atomic E-state index is 13.1. The Balaban J connectivity index is 1.08. The Morgan fingerprint density at radius 1 is 0.857 bits per heavy atom. The van der Waals surface area contributed by atoms with E-state index in [0.717, 1.165) is 68.2 Å². The zero-order chi connectivity index (χ0) is 23.6. The van der Waals surface area contributed by atoms with Gasteiger partial charge in [0, 0.05) is 55.4 Å². The van der Waals surface area contributed by atoms with Gasteiger partial charge in [-0.15, -0.1) is 0 Å². The van der Waals surface area contributed by atoms with Gasteiger partial charge in [0.25, 0.3) is 5.56 Å². The van der Waals surface area contributed by atoms with Gasteiger partial charge in [-0.25, -0.2) is 9.67 Å². The van der Waals surface area contributed by atoms with Gasteiger partial charge in [0.1, 0.15) is 11.5 Å². The molecule has 1 N–H and O–H groups in total. The summed E-state index contributed by atoms with van der Waals surface area (Å²) in [6.07, 6.45) is 4.49. The summed E-state index contributed by atoms with van der Waals surface area (Å²) >= 11 is 0. The van der Waals surface area contributed by atoms with Crippen molar-refractivity contribution in [1.29, 1.82) is 0 Å². The van der Waals surface area contributed by atoms with Crippen LogP contribution < -0.4 is 15.2 Å². The number of benzene rings is 2. The van der Waals surface area contributed by atoms with Crippen molar-refractivity contribution in [3.8, 4) is 17.3 Å². The van der Waals surface area contributed by atoms with E-state index in [4.69, 9.17) is 4.74 Å². The van der Waals surface area contributed by atoms with Crippen LogP contribution in [0.5, 0.6) is 11.5 Å². The van der Waals surface area contributed by atoms with Crippen molar-refractivity contribution in [2.75, 3.05) is 31.1 Å². The summed E-state index contributed by atoms with van der Waals surface area (Å²) in [5.74, 6) is 2.34. The number of para-hydroxylation sites is 1. The van der Waals surface area contributed by atoms with E-state index in [-0.39, 0.29) is 5.56 Å². The van der Waals surface area contributed by atoms with Crippen molar-refractivity contribution in [2.45, 2.75) is 25.3 Å². The molecule has 1 unspecified atom stereocenters. The van der Waals surface area contributed by atoms with E-state index in [1.54, 1.807) is 10.9 Å². The topological polar surface area (TPSA) is 66.4 Å². The van der Waals surface area contributed by atoms with Crippen molar-refractivity contribution in [3.63, 3.8) is 0 Å². The molecule has 0 amide bonds. The molecule has 2 aromatic carbocycles. The van der Waals surface area contributed by atoms with Crippen LogP contribution in [0.3, 0.4) is 0 Å². The van der Waals surface area contributed by atoms with Crippen molar-refractivity contribution in [3.05, 3.63) is 101 Å². The Morgan fingerprint density at radius 2 is 1.60 bits per heavy atom. The highest BCUT2D eigenvalue weighted by Gasteiger charge is 2.30. The third-order valence-corrected chi connectivity index (χ3v) is 7.13. The lowest BCUT2D eigenvalue weighted by Gasteiger charge is -2.41. The van der Waals surface area contributed by atoms with Gasteiger partial charge < -0.3 is 9.64 Å². The van der Waals surface area contributed by atoms with Gasteiger partial charge in [0.15, 0.2) is 5.82 Å². The highest BCUT2D eigenvalue weighted by Crippen LogP contribution is 2.27. The number of aromatic nitrogens is 3. The summed E-state index contributed by atoms with van der Waals surface area (Å²) in [6.45, 7) is 3.96. The minimum atomic E-state index is 0.0415. The lowest BCUT2D eigenvalue weighted by molar-refractivity contribution is 0.169. The Kier molecular flexibility index (Phi) is 5.84. The minimum Gasteiger partial charge on any atom is -0.457 e. The number of ether oxygens (including phenoxy) is 1. The number of hydrogen-bond acceptors (Lipinski definition) is 5. The smallest absolute Gasteiger partial charge is 0.276 e. The average molecular weight is 468 g/mol. The zero-order valence-corrected chi connectivity index (χ0v) is 19.6. The second kappa shape index (κ2) is 9.43. The summed E-state index contributed by atoms with van der Waals surface area (Å²) in [5.41, 5.74) is 3.25. The van der Waals surface area contributed by atoms with Crippen LogP contribution in [0.15, 0.2) is 83.8 Å². The van der Waals surface area contributed by atoms with E-state index in [1.165, 1.54) is 5.69 Å². The van der Waals surface area contributed by atoms with Gasteiger partial charge in [-0.3, -0.25) is 14.8 Å². The molecule has 0 saturated carbocycles. The van der Waals surface area contributed by atoms with Crippen LogP contribution in [0.1, 0.15) is 17.7 Å². The monoisotopic (exact) mass is 467 g/mol. The van der Waals surface area contributed by atoms with E-state index in [9.17, 15) is 4.79 Å². The van der Waals surface area contributed by atoms with Gasteiger partial charge in [0.05, 0.1) is 0 Å².